The predicted octanol–water partition coefficient (Wildman–Crippen LogP) is 6.54. The van der Waals surface area contributed by atoms with Gasteiger partial charge in [0.15, 0.2) is 0 Å². The SMILES string of the molecule is O=C(O)C1CCCC([N+](=O)[O-])C1COOC1CCC(OC2CCC(C3CCC(OC4CCC(OC(=O)C5C(C(=O)O)CCCC5[N+](=O)[O-])CC4)CC3)CC2)CC1. The zero-order valence-corrected chi connectivity index (χ0v) is 32.5. The molecule has 6 saturated carbocycles. The molecule has 6 atom stereocenters. The molecule has 6 fully saturated rings. The van der Waals surface area contributed by atoms with Crippen molar-refractivity contribution in [2.45, 2.75) is 190 Å². The number of carboxylic acid groups (broad SMARTS) is 2. The molecule has 2 N–H and O–H groups in total. The molecular weight excluding hydrogens is 732 g/mol. The van der Waals surface area contributed by atoms with Gasteiger partial charge in [-0.3, -0.25) is 34.6 Å². The number of aliphatic carboxylic acids is 2. The van der Waals surface area contributed by atoms with E-state index >= 15 is 0 Å². The Morgan fingerprint density at radius 3 is 1.39 bits per heavy atom. The van der Waals surface area contributed by atoms with E-state index in [1.54, 1.807) is 0 Å². The Labute approximate surface area is 328 Å². The van der Waals surface area contributed by atoms with Crippen LogP contribution in [-0.4, -0.2) is 93.3 Å². The Morgan fingerprint density at radius 1 is 0.518 bits per heavy atom. The molecule has 0 saturated heterocycles. The van der Waals surface area contributed by atoms with Crippen LogP contribution in [0.3, 0.4) is 0 Å². The number of carboxylic acids is 2. The molecule has 0 spiro atoms. The van der Waals surface area contributed by atoms with Gasteiger partial charge in [0.05, 0.1) is 54.9 Å². The average Bonchev–Trinajstić information content (AvgIpc) is 3.19. The quantitative estimate of drug-likeness (QED) is 0.0777. The zero-order valence-electron chi connectivity index (χ0n) is 32.5. The summed E-state index contributed by atoms with van der Waals surface area (Å²) < 4.78 is 18.8. The number of nitro groups is 2. The number of ether oxygens (including phenoxy) is 3. The molecule has 6 aliphatic carbocycles. The van der Waals surface area contributed by atoms with E-state index in [1.807, 2.05) is 0 Å². The Morgan fingerprint density at radius 2 is 0.929 bits per heavy atom. The summed E-state index contributed by atoms with van der Waals surface area (Å²) in [5, 5.41) is 42.3. The van der Waals surface area contributed by atoms with Gasteiger partial charge in [-0.15, -0.1) is 0 Å². The fourth-order valence-corrected chi connectivity index (χ4v) is 11.0. The molecule has 0 aliphatic heterocycles. The van der Waals surface area contributed by atoms with E-state index in [0.717, 1.165) is 77.0 Å². The summed E-state index contributed by atoms with van der Waals surface area (Å²) in [6.07, 6.45) is 17.3. The van der Waals surface area contributed by atoms with Gasteiger partial charge in [-0.25, -0.2) is 9.78 Å². The van der Waals surface area contributed by atoms with Crippen LogP contribution in [0.5, 0.6) is 0 Å². The molecule has 0 heterocycles. The maximum atomic E-state index is 13.0. The Bertz CT molecular complexity index is 1290. The average molecular weight is 795 g/mol. The number of carbonyl (C=O) groups excluding carboxylic acids is 1. The molecule has 0 amide bonds. The van der Waals surface area contributed by atoms with Crippen LogP contribution in [0.1, 0.15) is 141 Å². The first kappa shape index (κ1) is 42.7. The van der Waals surface area contributed by atoms with Gasteiger partial charge in [0.25, 0.3) is 0 Å². The van der Waals surface area contributed by atoms with E-state index in [-0.39, 0.29) is 61.0 Å². The van der Waals surface area contributed by atoms with Gasteiger partial charge >= 0.3 is 17.9 Å². The van der Waals surface area contributed by atoms with Crippen molar-refractivity contribution < 1.29 is 58.4 Å². The monoisotopic (exact) mass is 794 g/mol. The summed E-state index contributed by atoms with van der Waals surface area (Å²) in [5.74, 6) is -5.35. The summed E-state index contributed by atoms with van der Waals surface area (Å²) in [7, 11) is 0. The lowest BCUT2D eigenvalue weighted by atomic mass is 9.72. The first-order valence-corrected chi connectivity index (χ1v) is 21.5. The first-order valence-electron chi connectivity index (χ1n) is 21.5. The normalized spacial score (nSPS) is 39.6. The van der Waals surface area contributed by atoms with E-state index < -0.39 is 58.6 Å². The van der Waals surface area contributed by atoms with E-state index in [0.29, 0.717) is 50.4 Å². The van der Waals surface area contributed by atoms with Crippen molar-refractivity contribution in [3.63, 3.8) is 0 Å². The molecule has 0 bridgehead atoms. The van der Waals surface area contributed by atoms with E-state index in [9.17, 15) is 44.8 Å². The third-order valence-electron chi connectivity index (χ3n) is 14.2. The fourth-order valence-electron chi connectivity index (χ4n) is 11.0. The molecule has 16 nitrogen and oxygen atoms in total. The molecule has 0 aromatic carbocycles. The minimum atomic E-state index is -1.25. The van der Waals surface area contributed by atoms with Gasteiger partial charge in [-0.05, 0) is 140 Å². The fraction of sp³-hybridized carbons (Fsp3) is 0.925. The number of carbonyl (C=O) groups is 3. The van der Waals surface area contributed by atoms with Crippen molar-refractivity contribution in [3.8, 4) is 0 Å². The van der Waals surface area contributed by atoms with E-state index in [2.05, 4.69) is 0 Å². The minimum absolute atomic E-state index is 0.0868. The standard InChI is InChI=1S/C40H62N2O14/c43-38(44)32-3-1-5-35(41(48)49)34(32)23-52-56-31-21-19-29(20-22-31)54-27-13-9-25(10-14-27)24-7-11-26(12-8-24)53-28-15-17-30(18-16-28)55-40(47)37-33(39(45)46)4-2-6-36(37)42(50)51/h24-37H,1-23H2,(H,43,44)(H,45,46). The zero-order chi connectivity index (χ0) is 39.8. The highest BCUT2D eigenvalue weighted by Gasteiger charge is 2.50. The third-order valence-corrected chi connectivity index (χ3v) is 14.2. The van der Waals surface area contributed by atoms with Crippen LogP contribution in [0.4, 0.5) is 0 Å². The summed E-state index contributed by atoms with van der Waals surface area (Å²) in [6.45, 7) is -0.0868. The lowest BCUT2D eigenvalue weighted by molar-refractivity contribution is -0.541. The Hall–Kier alpha value is -2.95. The van der Waals surface area contributed by atoms with Gasteiger partial charge in [-0.2, -0.15) is 0 Å². The predicted molar refractivity (Wildman–Crippen MR) is 197 cm³/mol. The molecule has 16 heteroatoms. The van der Waals surface area contributed by atoms with Gasteiger partial charge in [0, 0.05) is 22.7 Å². The maximum Gasteiger partial charge on any atom is 0.317 e. The Kier molecular flexibility index (Phi) is 15.3. The van der Waals surface area contributed by atoms with Gasteiger partial charge in [-0.1, -0.05) is 0 Å². The number of esters is 1. The topological polar surface area (TPSA) is 224 Å². The lowest BCUT2D eigenvalue weighted by Gasteiger charge is -2.40. The molecule has 6 aliphatic rings. The number of hydrogen-bond donors (Lipinski definition) is 2. The van der Waals surface area contributed by atoms with Gasteiger partial charge < -0.3 is 24.4 Å². The van der Waals surface area contributed by atoms with Crippen LogP contribution < -0.4 is 0 Å². The molecule has 0 aromatic rings. The number of nitrogens with zero attached hydrogens (tertiary/aromatic N) is 2. The smallest absolute Gasteiger partial charge is 0.317 e. The molecule has 56 heavy (non-hydrogen) atoms. The van der Waals surface area contributed by atoms with Crippen LogP contribution >= 0.6 is 0 Å². The van der Waals surface area contributed by atoms with Crippen LogP contribution in [0.25, 0.3) is 0 Å². The Balaban J connectivity index is 0.822. The maximum absolute atomic E-state index is 13.0. The van der Waals surface area contributed by atoms with E-state index in [1.165, 1.54) is 12.8 Å². The molecular formula is C40H62N2O14. The molecule has 316 valence electrons. The third kappa shape index (κ3) is 11.2. The molecule has 0 aromatic heterocycles. The minimum Gasteiger partial charge on any atom is -0.481 e. The van der Waals surface area contributed by atoms with Gasteiger partial charge in [0.1, 0.15) is 12.0 Å². The second-order valence-corrected chi connectivity index (χ2v) is 17.6. The molecule has 6 unspecified atom stereocenters. The highest BCUT2D eigenvalue weighted by molar-refractivity contribution is 5.82. The second-order valence-electron chi connectivity index (χ2n) is 17.6. The van der Waals surface area contributed by atoms with Crippen molar-refractivity contribution in [2.75, 3.05) is 6.61 Å². The van der Waals surface area contributed by atoms with Crippen molar-refractivity contribution >= 4 is 17.9 Å². The second kappa shape index (κ2) is 20.1. The van der Waals surface area contributed by atoms with Gasteiger partial charge in [0.2, 0.25) is 12.1 Å². The lowest BCUT2D eigenvalue weighted by Crippen LogP contribution is -2.47. The van der Waals surface area contributed by atoms with Crippen LogP contribution in [-0.2, 0) is 38.4 Å². The van der Waals surface area contributed by atoms with Crippen LogP contribution in [0, 0.1) is 55.7 Å². The molecule has 6 rings (SSSR count). The first-order chi connectivity index (χ1) is 27.0. The van der Waals surface area contributed by atoms with Crippen molar-refractivity contribution in [3.05, 3.63) is 20.2 Å². The van der Waals surface area contributed by atoms with Crippen molar-refractivity contribution in [1.82, 2.24) is 0 Å². The largest absolute Gasteiger partial charge is 0.481 e. The highest BCUT2D eigenvalue weighted by Crippen LogP contribution is 2.42. The summed E-state index contributed by atoms with van der Waals surface area (Å²) >= 11 is 0. The van der Waals surface area contributed by atoms with Crippen LogP contribution in [0.2, 0.25) is 0 Å². The molecule has 0 radical (unpaired) electrons. The van der Waals surface area contributed by atoms with Crippen molar-refractivity contribution in [2.24, 2.45) is 35.5 Å². The number of rotatable bonds is 15. The van der Waals surface area contributed by atoms with E-state index in [4.69, 9.17) is 24.0 Å². The highest BCUT2D eigenvalue weighted by atomic mass is 17.2. The summed E-state index contributed by atoms with van der Waals surface area (Å²) in [5.41, 5.74) is 0. The van der Waals surface area contributed by atoms with Crippen LogP contribution in [0.15, 0.2) is 0 Å². The van der Waals surface area contributed by atoms with Crippen molar-refractivity contribution in [1.29, 1.82) is 0 Å². The number of hydrogen-bond acceptors (Lipinski definition) is 12. The summed E-state index contributed by atoms with van der Waals surface area (Å²) in [6, 6.07) is -2.14. The summed E-state index contributed by atoms with van der Waals surface area (Å²) in [4.78, 5) is 69.8.